The lowest BCUT2D eigenvalue weighted by atomic mass is 10.1. The van der Waals surface area contributed by atoms with E-state index in [9.17, 15) is 4.79 Å². The molecule has 0 aliphatic rings. The number of hydrogen-bond donors (Lipinski definition) is 2. The summed E-state index contributed by atoms with van der Waals surface area (Å²) < 4.78 is 0. The predicted molar refractivity (Wildman–Crippen MR) is 78.8 cm³/mol. The number of likely N-dealkylation sites (N-methyl/N-ethyl adjacent to an activating group) is 2. The summed E-state index contributed by atoms with van der Waals surface area (Å²) in [7, 11) is 4.05. The Bertz CT molecular complexity index is 446. The largest absolute Gasteiger partial charge is 0.478 e. The standard InChI is InChI=1S/C14H23N3O2/c1-5-17(10(2)9-16(3)4)11-6-7-13(15)12(8-11)14(18)19/h6-8,10H,5,9,15H2,1-4H3,(H,18,19). The number of nitrogens with zero attached hydrogens (tertiary/aromatic N) is 2. The Hall–Kier alpha value is -1.75. The van der Waals surface area contributed by atoms with Gasteiger partial charge in [-0.05, 0) is 46.1 Å². The average molecular weight is 265 g/mol. The Morgan fingerprint density at radius 2 is 2.05 bits per heavy atom. The Morgan fingerprint density at radius 3 is 2.53 bits per heavy atom. The zero-order valence-electron chi connectivity index (χ0n) is 12.1. The van der Waals surface area contributed by atoms with E-state index in [0.29, 0.717) is 11.7 Å². The van der Waals surface area contributed by atoms with Gasteiger partial charge in [0.1, 0.15) is 0 Å². The first kappa shape index (κ1) is 15.3. The fourth-order valence-corrected chi connectivity index (χ4v) is 2.28. The summed E-state index contributed by atoms with van der Waals surface area (Å²) in [4.78, 5) is 15.4. The van der Waals surface area contributed by atoms with Crippen molar-refractivity contribution in [1.82, 2.24) is 4.90 Å². The van der Waals surface area contributed by atoms with E-state index in [2.05, 4.69) is 23.6 Å². The Labute approximate surface area is 114 Å². The molecule has 0 amide bonds. The van der Waals surface area contributed by atoms with Gasteiger partial charge < -0.3 is 20.6 Å². The number of hydrogen-bond acceptors (Lipinski definition) is 4. The summed E-state index contributed by atoms with van der Waals surface area (Å²) in [5, 5.41) is 9.12. The van der Waals surface area contributed by atoms with Crippen LogP contribution < -0.4 is 10.6 Å². The highest BCUT2D eigenvalue weighted by Gasteiger charge is 2.16. The quantitative estimate of drug-likeness (QED) is 0.767. The van der Waals surface area contributed by atoms with Gasteiger partial charge in [-0.3, -0.25) is 0 Å². The zero-order valence-corrected chi connectivity index (χ0v) is 12.1. The first-order valence-corrected chi connectivity index (χ1v) is 6.41. The van der Waals surface area contributed by atoms with Gasteiger partial charge >= 0.3 is 5.97 Å². The number of carbonyl (C=O) groups is 1. The molecule has 0 radical (unpaired) electrons. The van der Waals surface area contributed by atoms with Crippen molar-refractivity contribution < 1.29 is 9.90 Å². The number of carboxylic acid groups (broad SMARTS) is 1. The average Bonchev–Trinajstić information content (AvgIpc) is 2.30. The van der Waals surface area contributed by atoms with Gasteiger partial charge in [0.25, 0.3) is 0 Å². The van der Waals surface area contributed by atoms with Crippen LogP contribution in [0.4, 0.5) is 11.4 Å². The highest BCUT2D eigenvalue weighted by atomic mass is 16.4. The summed E-state index contributed by atoms with van der Waals surface area (Å²) in [5.74, 6) is -0.990. The summed E-state index contributed by atoms with van der Waals surface area (Å²) in [6, 6.07) is 5.47. The molecule has 19 heavy (non-hydrogen) atoms. The molecule has 5 heteroatoms. The molecule has 3 N–H and O–H groups in total. The van der Waals surface area contributed by atoms with Crippen molar-refractivity contribution in [2.24, 2.45) is 0 Å². The molecule has 5 nitrogen and oxygen atoms in total. The van der Waals surface area contributed by atoms with Crippen LogP contribution in [0.25, 0.3) is 0 Å². The first-order chi connectivity index (χ1) is 8.86. The SMILES string of the molecule is CCN(c1ccc(N)c(C(=O)O)c1)C(C)CN(C)C. The third-order valence-corrected chi connectivity index (χ3v) is 3.10. The van der Waals surface area contributed by atoms with Crippen LogP contribution in [0, 0.1) is 0 Å². The third kappa shape index (κ3) is 3.86. The fourth-order valence-electron chi connectivity index (χ4n) is 2.28. The molecule has 1 unspecified atom stereocenters. The molecule has 0 aliphatic heterocycles. The maximum Gasteiger partial charge on any atom is 0.337 e. The minimum Gasteiger partial charge on any atom is -0.478 e. The number of aromatic carboxylic acids is 1. The molecule has 0 saturated carbocycles. The van der Waals surface area contributed by atoms with E-state index < -0.39 is 5.97 Å². The predicted octanol–water partition coefficient (Wildman–Crippen LogP) is 1.74. The second-order valence-corrected chi connectivity index (χ2v) is 4.97. The van der Waals surface area contributed by atoms with E-state index in [-0.39, 0.29) is 5.56 Å². The van der Waals surface area contributed by atoms with Gasteiger partial charge in [0.05, 0.1) is 5.56 Å². The van der Waals surface area contributed by atoms with Crippen molar-refractivity contribution in [1.29, 1.82) is 0 Å². The van der Waals surface area contributed by atoms with Gasteiger partial charge in [-0.2, -0.15) is 0 Å². The van der Waals surface area contributed by atoms with Crippen molar-refractivity contribution in [3.8, 4) is 0 Å². The second-order valence-electron chi connectivity index (χ2n) is 4.97. The van der Waals surface area contributed by atoms with Crippen LogP contribution in [0.15, 0.2) is 18.2 Å². The molecule has 0 aromatic heterocycles. The highest BCUT2D eigenvalue weighted by Crippen LogP contribution is 2.23. The van der Waals surface area contributed by atoms with Crippen LogP contribution in [0.5, 0.6) is 0 Å². The van der Waals surface area contributed by atoms with Gasteiger partial charge in [-0.25, -0.2) is 4.79 Å². The maximum atomic E-state index is 11.1. The molecular formula is C14H23N3O2. The Morgan fingerprint density at radius 1 is 1.42 bits per heavy atom. The first-order valence-electron chi connectivity index (χ1n) is 6.41. The van der Waals surface area contributed by atoms with Crippen molar-refractivity contribution in [3.63, 3.8) is 0 Å². The minimum atomic E-state index is -0.990. The lowest BCUT2D eigenvalue weighted by Crippen LogP contribution is -2.40. The van der Waals surface area contributed by atoms with Crippen LogP contribution in [0.1, 0.15) is 24.2 Å². The highest BCUT2D eigenvalue weighted by molar-refractivity contribution is 5.94. The van der Waals surface area contributed by atoms with Gasteiger partial charge in [-0.1, -0.05) is 0 Å². The monoisotopic (exact) mass is 265 g/mol. The summed E-state index contributed by atoms with van der Waals surface area (Å²) >= 11 is 0. The molecule has 0 spiro atoms. The molecule has 0 heterocycles. The van der Waals surface area contributed by atoms with Gasteiger partial charge in [0.2, 0.25) is 0 Å². The molecule has 0 saturated heterocycles. The smallest absolute Gasteiger partial charge is 0.337 e. The lowest BCUT2D eigenvalue weighted by Gasteiger charge is -2.32. The van der Waals surface area contributed by atoms with Crippen molar-refractivity contribution >= 4 is 17.3 Å². The van der Waals surface area contributed by atoms with Crippen LogP contribution in [-0.2, 0) is 0 Å². The molecule has 106 valence electrons. The van der Waals surface area contributed by atoms with E-state index >= 15 is 0 Å². The molecule has 1 aromatic carbocycles. The van der Waals surface area contributed by atoms with Crippen LogP contribution in [0.2, 0.25) is 0 Å². The van der Waals surface area contributed by atoms with Gasteiger partial charge in [-0.15, -0.1) is 0 Å². The molecule has 1 rings (SSSR count). The van der Waals surface area contributed by atoms with Gasteiger partial charge in [0, 0.05) is 30.5 Å². The summed E-state index contributed by atoms with van der Waals surface area (Å²) in [5.41, 5.74) is 7.03. The molecule has 0 bridgehead atoms. The van der Waals surface area contributed by atoms with Crippen LogP contribution in [0.3, 0.4) is 0 Å². The molecule has 1 aromatic rings. The van der Waals surface area contributed by atoms with E-state index in [1.165, 1.54) is 0 Å². The number of nitrogens with two attached hydrogens (primary N) is 1. The minimum absolute atomic E-state index is 0.160. The number of carboxylic acids is 1. The number of nitrogen functional groups attached to an aromatic ring is 1. The third-order valence-electron chi connectivity index (χ3n) is 3.10. The molecule has 0 aliphatic carbocycles. The number of rotatable bonds is 6. The van der Waals surface area contributed by atoms with Crippen LogP contribution in [-0.4, -0.2) is 49.2 Å². The summed E-state index contributed by atoms with van der Waals surface area (Å²) in [6.07, 6.45) is 0. The molecular weight excluding hydrogens is 242 g/mol. The summed E-state index contributed by atoms with van der Waals surface area (Å²) in [6.45, 7) is 5.90. The van der Waals surface area contributed by atoms with E-state index in [4.69, 9.17) is 10.8 Å². The normalized spacial score (nSPS) is 12.5. The fraction of sp³-hybridized carbons (Fsp3) is 0.500. The van der Waals surface area contributed by atoms with Crippen LogP contribution >= 0.6 is 0 Å². The zero-order chi connectivity index (χ0) is 14.6. The van der Waals surface area contributed by atoms with E-state index in [1.807, 2.05) is 20.2 Å². The lowest BCUT2D eigenvalue weighted by molar-refractivity contribution is 0.0698. The second kappa shape index (κ2) is 6.43. The molecule has 1 atom stereocenters. The Balaban J connectivity index is 3.05. The van der Waals surface area contributed by atoms with Crippen molar-refractivity contribution in [3.05, 3.63) is 23.8 Å². The Kier molecular flexibility index (Phi) is 5.18. The number of benzene rings is 1. The molecule has 0 fully saturated rings. The van der Waals surface area contributed by atoms with E-state index in [1.54, 1.807) is 12.1 Å². The maximum absolute atomic E-state index is 11.1. The topological polar surface area (TPSA) is 69.8 Å². The van der Waals surface area contributed by atoms with E-state index in [0.717, 1.165) is 18.8 Å². The van der Waals surface area contributed by atoms with Crippen molar-refractivity contribution in [2.75, 3.05) is 37.8 Å². The number of anilines is 2. The van der Waals surface area contributed by atoms with Crippen molar-refractivity contribution in [2.45, 2.75) is 19.9 Å². The van der Waals surface area contributed by atoms with Gasteiger partial charge in [0.15, 0.2) is 0 Å².